The average Bonchev–Trinajstić information content (AvgIpc) is 2.18. The summed E-state index contributed by atoms with van der Waals surface area (Å²) in [6.45, 7) is 7.25. The summed E-state index contributed by atoms with van der Waals surface area (Å²) in [5.74, 6) is -0.0537. The lowest BCUT2D eigenvalue weighted by atomic mass is 10.1. The molecule has 1 rings (SSSR count). The molecule has 0 spiro atoms. The minimum Gasteiger partial charge on any atom is -0.463 e. The Bertz CT molecular complexity index is 186. The minimum absolute atomic E-state index is 0.0208. The highest BCUT2D eigenvalue weighted by Crippen LogP contribution is 2.09. The van der Waals surface area contributed by atoms with E-state index in [0.29, 0.717) is 6.42 Å². The molecule has 0 atom stereocenters. The van der Waals surface area contributed by atoms with E-state index in [2.05, 4.69) is 4.90 Å². The van der Waals surface area contributed by atoms with Gasteiger partial charge in [-0.25, -0.2) is 0 Å². The van der Waals surface area contributed by atoms with Crippen molar-refractivity contribution in [2.24, 2.45) is 0 Å². The molecule has 1 heterocycles. The number of piperidine rings is 1. The Balaban J connectivity index is 2.02. The van der Waals surface area contributed by atoms with Crippen molar-refractivity contribution < 1.29 is 9.53 Å². The van der Waals surface area contributed by atoms with Gasteiger partial charge in [-0.15, -0.1) is 0 Å². The Morgan fingerprint density at radius 1 is 1.27 bits per heavy atom. The fraction of sp³-hybridized carbons (Fsp3) is 0.917. The molecule has 0 aliphatic carbocycles. The van der Waals surface area contributed by atoms with E-state index >= 15 is 0 Å². The van der Waals surface area contributed by atoms with Crippen molar-refractivity contribution in [3.05, 3.63) is 0 Å². The van der Waals surface area contributed by atoms with Crippen molar-refractivity contribution in [2.75, 3.05) is 19.6 Å². The van der Waals surface area contributed by atoms with E-state index in [-0.39, 0.29) is 12.1 Å². The minimum atomic E-state index is -0.0537. The number of likely N-dealkylation sites (tertiary alicyclic amines) is 1. The second kappa shape index (κ2) is 6.83. The Kier molecular flexibility index (Phi) is 5.69. The molecule has 15 heavy (non-hydrogen) atoms. The molecule has 0 N–H and O–H groups in total. The topological polar surface area (TPSA) is 29.5 Å². The molecule has 0 aromatic rings. The maximum atomic E-state index is 11.3. The quantitative estimate of drug-likeness (QED) is 0.656. The normalized spacial score (nSPS) is 18.1. The second-order valence-electron chi connectivity index (χ2n) is 4.54. The molecule has 0 unspecified atom stereocenters. The van der Waals surface area contributed by atoms with Gasteiger partial charge in [-0.2, -0.15) is 0 Å². The molecular weight excluding hydrogens is 190 g/mol. The van der Waals surface area contributed by atoms with E-state index in [9.17, 15) is 4.79 Å². The van der Waals surface area contributed by atoms with Crippen molar-refractivity contribution in [3.8, 4) is 0 Å². The van der Waals surface area contributed by atoms with Crippen molar-refractivity contribution in [3.63, 3.8) is 0 Å². The fourth-order valence-corrected chi connectivity index (χ4v) is 1.95. The predicted octanol–water partition coefficient (Wildman–Crippen LogP) is 2.20. The molecule has 3 nitrogen and oxygen atoms in total. The molecule has 1 aliphatic heterocycles. The predicted molar refractivity (Wildman–Crippen MR) is 60.8 cm³/mol. The largest absolute Gasteiger partial charge is 0.463 e. The highest BCUT2D eigenvalue weighted by atomic mass is 16.5. The molecule has 3 heteroatoms. The van der Waals surface area contributed by atoms with E-state index in [4.69, 9.17) is 4.74 Å². The highest BCUT2D eigenvalue weighted by molar-refractivity contribution is 5.69. The third-order valence-corrected chi connectivity index (χ3v) is 2.67. The van der Waals surface area contributed by atoms with Crippen LogP contribution in [0.3, 0.4) is 0 Å². The standard InChI is InChI=1S/C12H23NO2/c1-11(2)15-12(14)7-6-10-13-8-4-3-5-9-13/h11H,3-10H2,1-2H3. The zero-order chi connectivity index (χ0) is 11.1. The van der Waals surface area contributed by atoms with Crippen LogP contribution in [0.25, 0.3) is 0 Å². The van der Waals surface area contributed by atoms with E-state index in [0.717, 1.165) is 13.0 Å². The summed E-state index contributed by atoms with van der Waals surface area (Å²) in [7, 11) is 0. The van der Waals surface area contributed by atoms with Gasteiger partial charge >= 0.3 is 5.97 Å². The van der Waals surface area contributed by atoms with Gasteiger partial charge in [0.25, 0.3) is 0 Å². The Labute approximate surface area is 92.8 Å². The Morgan fingerprint density at radius 2 is 1.93 bits per heavy atom. The number of carbonyl (C=O) groups is 1. The van der Waals surface area contributed by atoms with Gasteiger partial charge in [0.15, 0.2) is 0 Å². The maximum Gasteiger partial charge on any atom is 0.306 e. The van der Waals surface area contributed by atoms with Crippen LogP contribution in [0, 0.1) is 0 Å². The molecule has 0 aromatic heterocycles. The van der Waals surface area contributed by atoms with Crippen LogP contribution in [0.15, 0.2) is 0 Å². The summed E-state index contributed by atoms with van der Waals surface area (Å²) in [4.78, 5) is 13.7. The molecule has 0 saturated carbocycles. The smallest absolute Gasteiger partial charge is 0.306 e. The lowest BCUT2D eigenvalue weighted by Gasteiger charge is -2.26. The van der Waals surface area contributed by atoms with Gasteiger partial charge in [0, 0.05) is 6.42 Å². The number of ether oxygens (including phenoxy) is 1. The van der Waals surface area contributed by atoms with Gasteiger partial charge in [0.05, 0.1) is 6.10 Å². The summed E-state index contributed by atoms with van der Waals surface area (Å²) in [6, 6.07) is 0. The number of esters is 1. The lowest BCUT2D eigenvalue weighted by Crippen LogP contribution is -2.30. The van der Waals surface area contributed by atoms with Crippen LogP contribution in [-0.4, -0.2) is 36.6 Å². The number of carbonyl (C=O) groups excluding carboxylic acids is 1. The van der Waals surface area contributed by atoms with E-state index < -0.39 is 0 Å². The molecule has 1 fully saturated rings. The van der Waals surface area contributed by atoms with Gasteiger partial charge in [0.2, 0.25) is 0 Å². The van der Waals surface area contributed by atoms with Gasteiger partial charge in [-0.3, -0.25) is 4.79 Å². The highest BCUT2D eigenvalue weighted by Gasteiger charge is 2.11. The maximum absolute atomic E-state index is 11.3. The van der Waals surface area contributed by atoms with Crippen molar-refractivity contribution in [2.45, 2.75) is 52.1 Å². The van der Waals surface area contributed by atoms with Gasteiger partial charge in [-0.05, 0) is 52.7 Å². The molecule has 0 bridgehead atoms. The van der Waals surface area contributed by atoms with Crippen molar-refractivity contribution in [1.82, 2.24) is 4.90 Å². The van der Waals surface area contributed by atoms with Gasteiger partial charge < -0.3 is 9.64 Å². The van der Waals surface area contributed by atoms with Crippen molar-refractivity contribution in [1.29, 1.82) is 0 Å². The summed E-state index contributed by atoms with van der Waals surface area (Å²) >= 11 is 0. The number of hydrogen-bond donors (Lipinski definition) is 0. The summed E-state index contributed by atoms with van der Waals surface area (Å²) in [6.07, 6.45) is 5.52. The summed E-state index contributed by atoms with van der Waals surface area (Å²) < 4.78 is 5.08. The van der Waals surface area contributed by atoms with E-state index in [1.165, 1.54) is 32.4 Å². The van der Waals surface area contributed by atoms with E-state index in [1.54, 1.807) is 0 Å². The molecule has 1 saturated heterocycles. The van der Waals surface area contributed by atoms with Crippen LogP contribution >= 0.6 is 0 Å². The molecule has 0 radical (unpaired) electrons. The van der Waals surface area contributed by atoms with Gasteiger partial charge in [-0.1, -0.05) is 6.42 Å². The van der Waals surface area contributed by atoms with Crippen LogP contribution in [0.1, 0.15) is 46.0 Å². The van der Waals surface area contributed by atoms with Crippen molar-refractivity contribution >= 4 is 5.97 Å². The first kappa shape index (κ1) is 12.5. The summed E-state index contributed by atoms with van der Waals surface area (Å²) in [5.41, 5.74) is 0. The first-order valence-electron chi connectivity index (χ1n) is 6.10. The molecule has 0 amide bonds. The Hall–Kier alpha value is -0.570. The van der Waals surface area contributed by atoms with E-state index in [1.807, 2.05) is 13.8 Å². The summed E-state index contributed by atoms with van der Waals surface area (Å²) in [5, 5.41) is 0. The fourth-order valence-electron chi connectivity index (χ4n) is 1.95. The zero-order valence-corrected chi connectivity index (χ0v) is 10.00. The molecule has 0 aromatic carbocycles. The van der Waals surface area contributed by atoms with Gasteiger partial charge in [0.1, 0.15) is 0 Å². The first-order chi connectivity index (χ1) is 7.18. The molecule has 88 valence electrons. The monoisotopic (exact) mass is 213 g/mol. The number of rotatable bonds is 5. The number of nitrogens with zero attached hydrogens (tertiary/aromatic N) is 1. The van der Waals surface area contributed by atoms with Crippen LogP contribution in [-0.2, 0) is 9.53 Å². The first-order valence-corrected chi connectivity index (χ1v) is 6.10. The third kappa shape index (κ3) is 5.78. The van der Waals surface area contributed by atoms with Crippen LogP contribution in [0.5, 0.6) is 0 Å². The lowest BCUT2D eigenvalue weighted by molar-refractivity contribution is -0.147. The number of hydrogen-bond acceptors (Lipinski definition) is 3. The van der Waals surface area contributed by atoms with Crippen LogP contribution in [0.2, 0.25) is 0 Å². The van der Waals surface area contributed by atoms with Crippen LogP contribution < -0.4 is 0 Å². The SMILES string of the molecule is CC(C)OC(=O)CCCN1CCCCC1. The molecule has 1 aliphatic rings. The van der Waals surface area contributed by atoms with Crippen LogP contribution in [0.4, 0.5) is 0 Å². The Morgan fingerprint density at radius 3 is 2.53 bits per heavy atom. The second-order valence-corrected chi connectivity index (χ2v) is 4.54. The zero-order valence-electron chi connectivity index (χ0n) is 10.00. The molecular formula is C12H23NO2. The third-order valence-electron chi connectivity index (χ3n) is 2.67. The average molecular weight is 213 g/mol.